The van der Waals surface area contributed by atoms with E-state index < -0.39 is 0 Å². The zero-order valence-corrected chi connectivity index (χ0v) is 13.5. The van der Waals surface area contributed by atoms with Crippen molar-refractivity contribution in [2.45, 2.75) is 6.61 Å². The van der Waals surface area contributed by atoms with Crippen molar-refractivity contribution in [3.63, 3.8) is 0 Å². The number of carbonyl (C=O) groups is 1. The fraction of sp³-hybridized carbons (Fsp3) is 0.0476. The monoisotopic (exact) mass is 328 g/mol. The maximum absolute atomic E-state index is 12.2. The maximum atomic E-state index is 12.2. The second-order valence-electron chi connectivity index (χ2n) is 5.77. The van der Waals surface area contributed by atoms with Gasteiger partial charge in [0.25, 0.3) is 5.91 Å². The molecule has 0 fully saturated rings. The zero-order chi connectivity index (χ0) is 17.1. The van der Waals surface area contributed by atoms with Gasteiger partial charge in [-0.25, -0.2) is 0 Å². The van der Waals surface area contributed by atoms with Crippen molar-refractivity contribution < 1.29 is 9.53 Å². The van der Waals surface area contributed by atoms with Crippen molar-refractivity contribution in [1.29, 1.82) is 0 Å². The number of aromatic nitrogens is 1. The van der Waals surface area contributed by atoms with Gasteiger partial charge in [0, 0.05) is 29.2 Å². The van der Waals surface area contributed by atoms with E-state index in [4.69, 9.17) is 4.74 Å². The molecule has 0 unspecified atom stereocenters. The van der Waals surface area contributed by atoms with Crippen molar-refractivity contribution in [3.8, 4) is 5.75 Å². The first-order valence-corrected chi connectivity index (χ1v) is 8.04. The quantitative estimate of drug-likeness (QED) is 0.732. The minimum absolute atomic E-state index is 0.0702. The maximum Gasteiger partial charge on any atom is 0.256 e. The van der Waals surface area contributed by atoms with Gasteiger partial charge in [0.1, 0.15) is 12.4 Å². The van der Waals surface area contributed by atoms with Crippen molar-refractivity contribution in [2.75, 3.05) is 5.32 Å². The summed E-state index contributed by atoms with van der Waals surface area (Å²) >= 11 is 0. The lowest BCUT2D eigenvalue weighted by molar-refractivity contribution is -0.110. The smallest absolute Gasteiger partial charge is 0.256 e. The molecule has 0 saturated heterocycles. The predicted molar refractivity (Wildman–Crippen MR) is 98.0 cm³/mol. The van der Waals surface area contributed by atoms with Crippen molar-refractivity contribution >= 4 is 23.2 Å². The van der Waals surface area contributed by atoms with Crippen LogP contribution < -0.4 is 10.1 Å². The number of anilines is 1. The van der Waals surface area contributed by atoms with Gasteiger partial charge in [0.05, 0.1) is 0 Å². The molecule has 0 radical (unpaired) electrons. The molecule has 0 saturated carbocycles. The lowest BCUT2D eigenvalue weighted by atomic mass is 10.0. The number of carbonyl (C=O) groups excluding carboxylic acids is 1. The van der Waals surface area contributed by atoms with Crippen LogP contribution in [0.25, 0.3) is 11.6 Å². The Morgan fingerprint density at radius 1 is 0.960 bits per heavy atom. The molecule has 1 N–H and O–H groups in total. The largest absolute Gasteiger partial charge is 0.489 e. The summed E-state index contributed by atoms with van der Waals surface area (Å²) in [6.07, 6.45) is 5.39. The third-order valence-corrected chi connectivity index (χ3v) is 4.06. The lowest BCUT2D eigenvalue weighted by Gasteiger charge is -2.06. The Morgan fingerprint density at radius 2 is 1.72 bits per heavy atom. The number of pyridine rings is 1. The molecule has 25 heavy (non-hydrogen) atoms. The molecule has 0 spiro atoms. The Morgan fingerprint density at radius 3 is 2.52 bits per heavy atom. The highest BCUT2D eigenvalue weighted by atomic mass is 16.5. The Hall–Kier alpha value is -3.40. The van der Waals surface area contributed by atoms with Crippen LogP contribution in [0.5, 0.6) is 5.75 Å². The van der Waals surface area contributed by atoms with Gasteiger partial charge in [0.2, 0.25) is 0 Å². The van der Waals surface area contributed by atoms with Gasteiger partial charge in [-0.1, -0.05) is 30.3 Å². The topological polar surface area (TPSA) is 51.2 Å². The molecule has 0 aliphatic carbocycles. The van der Waals surface area contributed by atoms with Crippen molar-refractivity contribution in [1.82, 2.24) is 4.98 Å². The average Bonchev–Trinajstić information content (AvgIpc) is 2.97. The van der Waals surface area contributed by atoms with E-state index in [1.54, 1.807) is 12.4 Å². The van der Waals surface area contributed by atoms with Gasteiger partial charge < -0.3 is 10.1 Å². The Bertz CT molecular complexity index is 932. The summed E-state index contributed by atoms with van der Waals surface area (Å²) < 4.78 is 5.77. The summed E-state index contributed by atoms with van der Waals surface area (Å²) in [7, 11) is 0. The fourth-order valence-electron chi connectivity index (χ4n) is 2.75. The zero-order valence-electron chi connectivity index (χ0n) is 13.5. The van der Waals surface area contributed by atoms with Crippen molar-refractivity contribution in [3.05, 3.63) is 89.7 Å². The summed E-state index contributed by atoms with van der Waals surface area (Å²) in [6, 6.07) is 19.3. The Balaban J connectivity index is 1.50. The van der Waals surface area contributed by atoms with Crippen LogP contribution in [-0.4, -0.2) is 10.9 Å². The van der Waals surface area contributed by atoms with Crippen LogP contribution in [0, 0.1) is 0 Å². The van der Waals surface area contributed by atoms with Crippen LogP contribution in [0.3, 0.4) is 0 Å². The first-order valence-electron chi connectivity index (χ1n) is 8.04. The van der Waals surface area contributed by atoms with E-state index in [0.717, 1.165) is 28.1 Å². The molecule has 2 aromatic carbocycles. The number of amides is 1. The molecule has 1 amide bonds. The third kappa shape index (κ3) is 3.28. The molecule has 4 heteroatoms. The summed E-state index contributed by atoms with van der Waals surface area (Å²) in [6.45, 7) is 0.499. The molecule has 122 valence electrons. The van der Waals surface area contributed by atoms with E-state index in [1.807, 2.05) is 66.7 Å². The molecule has 3 aromatic rings. The molecule has 2 heterocycles. The van der Waals surface area contributed by atoms with E-state index in [9.17, 15) is 4.79 Å². The van der Waals surface area contributed by atoms with Gasteiger partial charge in [0.15, 0.2) is 0 Å². The van der Waals surface area contributed by atoms with Gasteiger partial charge in [-0.15, -0.1) is 0 Å². The highest BCUT2D eigenvalue weighted by molar-refractivity contribution is 6.34. The van der Waals surface area contributed by atoms with E-state index in [1.165, 1.54) is 0 Å². The van der Waals surface area contributed by atoms with Crippen LogP contribution in [0.4, 0.5) is 5.69 Å². The summed E-state index contributed by atoms with van der Waals surface area (Å²) in [5.74, 6) is 0.717. The molecule has 4 rings (SSSR count). The SMILES string of the molecule is O=C1Nc2ccccc2C1=Cc1ccc(OCc2ccncc2)cc1. The van der Waals surface area contributed by atoms with Crippen LogP contribution in [0.15, 0.2) is 73.1 Å². The van der Waals surface area contributed by atoms with Crippen LogP contribution >= 0.6 is 0 Å². The molecular formula is C21H16N2O2. The molecule has 1 aromatic heterocycles. The van der Waals surface area contributed by atoms with Gasteiger partial charge >= 0.3 is 0 Å². The number of nitrogens with zero attached hydrogens (tertiary/aromatic N) is 1. The number of rotatable bonds is 4. The van der Waals surface area contributed by atoms with Gasteiger partial charge in [-0.2, -0.15) is 0 Å². The standard InChI is InChI=1S/C21H16N2O2/c24-21-19(18-3-1-2-4-20(18)23-21)13-15-5-7-17(8-6-15)25-14-16-9-11-22-12-10-16/h1-13H,14H2,(H,23,24). The number of para-hydroxylation sites is 1. The number of hydrogen-bond donors (Lipinski definition) is 1. The van der Waals surface area contributed by atoms with E-state index in [0.29, 0.717) is 12.2 Å². The minimum atomic E-state index is -0.0702. The van der Waals surface area contributed by atoms with Gasteiger partial charge in [-0.3, -0.25) is 9.78 Å². The second-order valence-corrected chi connectivity index (χ2v) is 5.77. The number of hydrogen-bond acceptors (Lipinski definition) is 3. The fourth-order valence-corrected chi connectivity index (χ4v) is 2.75. The van der Waals surface area contributed by atoms with E-state index >= 15 is 0 Å². The second kappa shape index (κ2) is 6.61. The minimum Gasteiger partial charge on any atom is -0.489 e. The van der Waals surface area contributed by atoms with Crippen LogP contribution in [0.1, 0.15) is 16.7 Å². The number of nitrogens with one attached hydrogen (secondary N) is 1. The molecular weight excluding hydrogens is 312 g/mol. The lowest BCUT2D eigenvalue weighted by Crippen LogP contribution is -2.03. The van der Waals surface area contributed by atoms with Crippen molar-refractivity contribution in [2.24, 2.45) is 0 Å². The molecule has 0 bridgehead atoms. The molecule has 4 nitrogen and oxygen atoms in total. The van der Waals surface area contributed by atoms with E-state index in [-0.39, 0.29) is 5.91 Å². The third-order valence-electron chi connectivity index (χ3n) is 4.06. The number of fused-ring (bicyclic) bond motifs is 1. The highest BCUT2D eigenvalue weighted by Gasteiger charge is 2.23. The number of benzene rings is 2. The Kier molecular flexibility index (Phi) is 4.01. The Labute approximate surface area is 145 Å². The van der Waals surface area contributed by atoms with E-state index in [2.05, 4.69) is 10.3 Å². The summed E-state index contributed by atoms with van der Waals surface area (Å²) in [5, 5.41) is 2.88. The molecule has 0 atom stereocenters. The number of ether oxygens (including phenoxy) is 1. The normalized spacial score (nSPS) is 14.2. The highest BCUT2D eigenvalue weighted by Crippen LogP contribution is 2.32. The molecule has 1 aliphatic heterocycles. The van der Waals surface area contributed by atoms with Crippen LogP contribution in [-0.2, 0) is 11.4 Å². The molecule has 1 aliphatic rings. The van der Waals surface area contributed by atoms with Gasteiger partial charge in [-0.05, 0) is 47.5 Å². The summed E-state index contributed by atoms with van der Waals surface area (Å²) in [5.41, 5.74) is 4.50. The predicted octanol–water partition coefficient (Wildman–Crippen LogP) is 4.15. The summed E-state index contributed by atoms with van der Waals surface area (Å²) in [4.78, 5) is 16.1. The first-order chi connectivity index (χ1) is 12.3. The van der Waals surface area contributed by atoms with Crippen LogP contribution in [0.2, 0.25) is 0 Å². The average molecular weight is 328 g/mol. The first kappa shape index (κ1) is 15.1.